The summed E-state index contributed by atoms with van der Waals surface area (Å²) in [6, 6.07) is 5.46. The van der Waals surface area contributed by atoms with Crippen molar-refractivity contribution in [3.63, 3.8) is 0 Å². The normalized spacial score (nSPS) is 18.0. The number of likely N-dealkylation sites (tertiary alicyclic amines) is 1. The lowest BCUT2D eigenvalue weighted by molar-refractivity contribution is 0.0669. The van der Waals surface area contributed by atoms with Crippen molar-refractivity contribution in [3.05, 3.63) is 28.2 Å². The molecule has 1 amide bonds. The average Bonchev–Trinajstić information content (AvgIpc) is 2.47. The number of nitrogens with two attached hydrogens (primary N) is 1. The van der Waals surface area contributed by atoms with E-state index < -0.39 is 0 Å². The molecule has 6 heteroatoms. The first-order valence-corrected chi connectivity index (χ1v) is 7.78. The molecule has 21 heavy (non-hydrogen) atoms. The van der Waals surface area contributed by atoms with E-state index in [1.807, 2.05) is 23.1 Å². The van der Waals surface area contributed by atoms with Crippen molar-refractivity contribution >= 4 is 34.2 Å². The number of carbonyl (C=O) groups excluding carboxylic acids is 1. The number of benzene rings is 1. The van der Waals surface area contributed by atoms with Crippen LogP contribution in [0.2, 0.25) is 0 Å². The van der Waals surface area contributed by atoms with Crippen molar-refractivity contribution in [2.75, 3.05) is 26.7 Å². The molecule has 4 nitrogen and oxygen atoms in total. The molecule has 0 aromatic heterocycles. The molecule has 118 valence electrons. The van der Waals surface area contributed by atoms with Crippen molar-refractivity contribution in [2.24, 2.45) is 11.7 Å². The van der Waals surface area contributed by atoms with Gasteiger partial charge in [-0.15, -0.1) is 12.4 Å². The largest absolute Gasteiger partial charge is 0.496 e. The average molecular weight is 378 g/mol. The third kappa shape index (κ3) is 4.59. The zero-order valence-corrected chi connectivity index (χ0v) is 14.6. The van der Waals surface area contributed by atoms with Crippen LogP contribution in [-0.2, 0) is 0 Å². The topological polar surface area (TPSA) is 55.6 Å². The quantitative estimate of drug-likeness (QED) is 0.877. The number of ether oxygens (including phenoxy) is 1. The SMILES string of the molecule is COc1ccc(C(=O)N2CCCC(CCN)C2)cc1Br.Cl. The number of carbonyl (C=O) groups is 1. The van der Waals surface area contributed by atoms with Crippen LogP contribution in [0.15, 0.2) is 22.7 Å². The minimum Gasteiger partial charge on any atom is -0.496 e. The van der Waals surface area contributed by atoms with Crippen LogP contribution in [0.1, 0.15) is 29.6 Å². The van der Waals surface area contributed by atoms with Gasteiger partial charge in [0.25, 0.3) is 5.91 Å². The predicted molar refractivity (Wildman–Crippen MR) is 90.2 cm³/mol. The van der Waals surface area contributed by atoms with E-state index in [4.69, 9.17) is 10.5 Å². The van der Waals surface area contributed by atoms with E-state index in [2.05, 4.69) is 15.9 Å². The van der Waals surface area contributed by atoms with Gasteiger partial charge in [-0.3, -0.25) is 4.79 Å². The van der Waals surface area contributed by atoms with E-state index in [-0.39, 0.29) is 18.3 Å². The molecule has 0 bridgehead atoms. The fraction of sp³-hybridized carbons (Fsp3) is 0.533. The number of hydrogen-bond donors (Lipinski definition) is 1. The molecule has 0 aliphatic carbocycles. The maximum absolute atomic E-state index is 12.5. The Morgan fingerprint density at radius 3 is 2.90 bits per heavy atom. The molecular weight excluding hydrogens is 356 g/mol. The molecule has 1 unspecified atom stereocenters. The molecule has 1 atom stereocenters. The fourth-order valence-corrected chi connectivity index (χ4v) is 3.24. The number of halogens is 2. The molecular formula is C15H22BrClN2O2. The Balaban J connectivity index is 0.00000220. The Hall–Kier alpha value is -0.780. The summed E-state index contributed by atoms with van der Waals surface area (Å²) in [5.41, 5.74) is 6.32. The van der Waals surface area contributed by atoms with Crippen LogP contribution in [0.4, 0.5) is 0 Å². The van der Waals surface area contributed by atoms with Crippen LogP contribution in [-0.4, -0.2) is 37.6 Å². The summed E-state index contributed by atoms with van der Waals surface area (Å²) in [6.07, 6.45) is 3.23. The molecule has 2 rings (SSSR count). The molecule has 0 radical (unpaired) electrons. The first kappa shape index (κ1) is 18.3. The molecule has 0 spiro atoms. The van der Waals surface area contributed by atoms with Gasteiger partial charge in [0.1, 0.15) is 5.75 Å². The number of hydrogen-bond acceptors (Lipinski definition) is 3. The van der Waals surface area contributed by atoms with Gasteiger partial charge in [-0.2, -0.15) is 0 Å². The fourth-order valence-electron chi connectivity index (χ4n) is 2.70. The Bertz CT molecular complexity index is 483. The summed E-state index contributed by atoms with van der Waals surface area (Å²) in [5, 5.41) is 0. The van der Waals surface area contributed by atoms with Gasteiger partial charge in [0, 0.05) is 18.7 Å². The van der Waals surface area contributed by atoms with E-state index in [9.17, 15) is 4.79 Å². The Morgan fingerprint density at radius 2 is 2.29 bits per heavy atom. The van der Waals surface area contributed by atoms with Crippen LogP contribution < -0.4 is 10.5 Å². The van der Waals surface area contributed by atoms with Gasteiger partial charge in [-0.25, -0.2) is 0 Å². The summed E-state index contributed by atoms with van der Waals surface area (Å²) in [7, 11) is 1.61. The van der Waals surface area contributed by atoms with E-state index in [0.29, 0.717) is 18.0 Å². The lowest BCUT2D eigenvalue weighted by Gasteiger charge is -2.32. The Morgan fingerprint density at radius 1 is 1.52 bits per heavy atom. The smallest absolute Gasteiger partial charge is 0.253 e. The molecule has 2 N–H and O–H groups in total. The predicted octanol–water partition coefficient (Wildman–Crippen LogP) is 3.08. The van der Waals surface area contributed by atoms with Crippen LogP contribution in [0.5, 0.6) is 5.75 Å². The second-order valence-corrected chi connectivity index (χ2v) is 6.04. The monoisotopic (exact) mass is 376 g/mol. The molecule has 1 aliphatic rings. The Labute approximate surface area is 140 Å². The molecule has 1 heterocycles. The number of amides is 1. The highest BCUT2D eigenvalue weighted by Crippen LogP contribution is 2.27. The summed E-state index contributed by atoms with van der Waals surface area (Å²) in [5.74, 6) is 1.37. The van der Waals surface area contributed by atoms with Crippen LogP contribution in [0, 0.1) is 5.92 Å². The first-order chi connectivity index (χ1) is 9.65. The third-order valence-electron chi connectivity index (χ3n) is 3.78. The standard InChI is InChI=1S/C15H21BrN2O2.ClH/c1-20-14-5-4-12(9-13(14)16)15(19)18-8-2-3-11(10-18)6-7-17;/h4-5,9,11H,2-3,6-8,10,17H2,1H3;1H. The van der Waals surface area contributed by atoms with Crippen LogP contribution in [0.25, 0.3) is 0 Å². The zero-order valence-electron chi connectivity index (χ0n) is 12.2. The molecule has 0 saturated carbocycles. The highest BCUT2D eigenvalue weighted by molar-refractivity contribution is 9.10. The molecule has 1 aromatic carbocycles. The van der Waals surface area contributed by atoms with Crippen LogP contribution >= 0.6 is 28.3 Å². The van der Waals surface area contributed by atoms with Gasteiger partial charge in [0.2, 0.25) is 0 Å². The number of methoxy groups -OCH3 is 1. The molecule has 1 aromatic rings. The maximum atomic E-state index is 12.5. The van der Waals surface area contributed by atoms with Gasteiger partial charge in [0.05, 0.1) is 11.6 Å². The van der Waals surface area contributed by atoms with Gasteiger partial charge in [0.15, 0.2) is 0 Å². The minimum atomic E-state index is 0. The Kier molecular flexibility index (Phi) is 7.49. The van der Waals surface area contributed by atoms with E-state index >= 15 is 0 Å². The van der Waals surface area contributed by atoms with Crippen molar-refractivity contribution < 1.29 is 9.53 Å². The van der Waals surface area contributed by atoms with Crippen molar-refractivity contribution in [3.8, 4) is 5.75 Å². The second kappa shape index (κ2) is 8.61. The third-order valence-corrected chi connectivity index (χ3v) is 4.40. The number of piperidine rings is 1. The lowest BCUT2D eigenvalue weighted by atomic mass is 9.94. The summed E-state index contributed by atoms with van der Waals surface area (Å²) in [4.78, 5) is 14.5. The molecule has 1 aliphatic heterocycles. The van der Waals surface area contributed by atoms with Gasteiger partial charge in [-0.05, 0) is 65.9 Å². The highest BCUT2D eigenvalue weighted by atomic mass is 79.9. The van der Waals surface area contributed by atoms with Gasteiger partial charge in [-0.1, -0.05) is 0 Å². The number of nitrogens with zero attached hydrogens (tertiary/aromatic N) is 1. The summed E-state index contributed by atoms with van der Waals surface area (Å²) >= 11 is 3.42. The minimum absolute atomic E-state index is 0. The highest BCUT2D eigenvalue weighted by Gasteiger charge is 2.24. The summed E-state index contributed by atoms with van der Waals surface area (Å²) in [6.45, 7) is 2.35. The lowest BCUT2D eigenvalue weighted by Crippen LogP contribution is -2.40. The molecule has 1 fully saturated rings. The first-order valence-electron chi connectivity index (χ1n) is 6.98. The van der Waals surface area contributed by atoms with Gasteiger partial charge < -0.3 is 15.4 Å². The van der Waals surface area contributed by atoms with Crippen molar-refractivity contribution in [2.45, 2.75) is 19.3 Å². The van der Waals surface area contributed by atoms with E-state index in [0.717, 1.165) is 36.2 Å². The molecule has 1 saturated heterocycles. The van der Waals surface area contributed by atoms with E-state index in [1.165, 1.54) is 6.42 Å². The second-order valence-electron chi connectivity index (χ2n) is 5.19. The van der Waals surface area contributed by atoms with Crippen molar-refractivity contribution in [1.82, 2.24) is 4.90 Å². The maximum Gasteiger partial charge on any atom is 0.253 e. The number of rotatable bonds is 4. The van der Waals surface area contributed by atoms with Gasteiger partial charge >= 0.3 is 0 Å². The van der Waals surface area contributed by atoms with E-state index in [1.54, 1.807) is 7.11 Å². The van der Waals surface area contributed by atoms with Crippen molar-refractivity contribution in [1.29, 1.82) is 0 Å². The van der Waals surface area contributed by atoms with Crippen LogP contribution in [0.3, 0.4) is 0 Å². The summed E-state index contributed by atoms with van der Waals surface area (Å²) < 4.78 is 6.00. The zero-order chi connectivity index (χ0) is 14.5.